The summed E-state index contributed by atoms with van der Waals surface area (Å²) in [6, 6.07) is 15.3. The summed E-state index contributed by atoms with van der Waals surface area (Å²) in [5, 5.41) is 13.5. The fourth-order valence-electron chi connectivity index (χ4n) is 4.36. The Hall–Kier alpha value is -3.74. The smallest absolute Gasteiger partial charge is 0.175 e. The van der Waals surface area contributed by atoms with E-state index in [9.17, 15) is 13.7 Å². The van der Waals surface area contributed by atoms with E-state index >= 15 is 0 Å². The van der Waals surface area contributed by atoms with Gasteiger partial charge in [0.25, 0.3) is 0 Å². The fraction of sp³-hybridized carbons (Fsp3) is 0.240. The highest BCUT2D eigenvalue weighted by Crippen LogP contribution is 2.31. The Morgan fingerprint density at radius 2 is 1.76 bits per heavy atom. The van der Waals surface area contributed by atoms with Crippen LogP contribution in [-0.2, 0) is 16.4 Å². The largest absolute Gasteiger partial charge is 0.368 e. The Bertz CT molecular complexity index is 1480. The van der Waals surface area contributed by atoms with Crippen LogP contribution in [0.25, 0.3) is 16.6 Å². The third kappa shape index (κ3) is 4.38. The number of hydrogen-bond donors (Lipinski definition) is 0. The molecule has 4 aromatic rings. The molecule has 0 N–H and O–H groups in total. The van der Waals surface area contributed by atoms with Gasteiger partial charge in [-0.1, -0.05) is 18.2 Å². The first-order valence-electron chi connectivity index (χ1n) is 11.0. The van der Waals surface area contributed by atoms with E-state index in [4.69, 9.17) is 0 Å². The second-order valence-corrected chi connectivity index (χ2v) is 10.5. The molecule has 0 atom stereocenters. The highest BCUT2D eigenvalue weighted by atomic mass is 32.2. The second-order valence-electron chi connectivity index (χ2n) is 8.49. The molecule has 1 saturated heterocycles. The predicted octanol–water partition coefficient (Wildman–Crippen LogP) is 2.99. The van der Waals surface area contributed by atoms with Crippen molar-refractivity contribution in [2.45, 2.75) is 11.4 Å². The number of aromatic nitrogens is 3. The minimum atomic E-state index is -3.18. The van der Waals surface area contributed by atoms with Crippen molar-refractivity contribution in [3.63, 3.8) is 0 Å². The predicted molar refractivity (Wildman–Crippen MR) is 130 cm³/mol. The van der Waals surface area contributed by atoms with Crippen LogP contribution in [0, 0.1) is 11.3 Å². The zero-order valence-electron chi connectivity index (χ0n) is 18.8. The Balaban J connectivity index is 1.30. The highest BCUT2D eigenvalue weighted by Gasteiger charge is 2.20. The van der Waals surface area contributed by atoms with Gasteiger partial charge in [0.1, 0.15) is 6.07 Å². The third-order valence-corrected chi connectivity index (χ3v) is 7.34. The lowest BCUT2D eigenvalue weighted by Gasteiger charge is -2.37. The number of pyridine rings is 2. The first-order chi connectivity index (χ1) is 16.4. The van der Waals surface area contributed by atoms with Crippen molar-refractivity contribution in [2.24, 2.45) is 0 Å². The maximum Gasteiger partial charge on any atom is 0.175 e. The zero-order valence-corrected chi connectivity index (χ0v) is 19.6. The van der Waals surface area contributed by atoms with Gasteiger partial charge in [-0.05, 0) is 29.8 Å². The van der Waals surface area contributed by atoms with E-state index in [1.165, 1.54) is 6.26 Å². The van der Waals surface area contributed by atoms with Crippen molar-refractivity contribution >= 4 is 21.0 Å². The van der Waals surface area contributed by atoms with E-state index in [0.717, 1.165) is 60.6 Å². The number of anilines is 1. The van der Waals surface area contributed by atoms with Gasteiger partial charge in [0.2, 0.25) is 0 Å². The summed E-state index contributed by atoms with van der Waals surface area (Å²) in [4.78, 5) is 9.45. The summed E-state index contributed by atoms with van der Waals surface area (Å²) in [6.45, 7) is 4.35. The summed E-state index contributed by atoms with van der Waals surface area (Å²) in [7, 11) is -3.18. The molecule has 34 heavy (non-hydrogen) atoms. The normalized spacial score (nSPS) is 14.9. The maximum atomic E-state index is 11.7. The van der Waals surface area contributed by atoms with Crippen LogP contribution in [0.3, 0.4) is 0 Å². The molecule has 1 aliphatic rings. The lowest BCUT2D eigenvalue weighted by atomic mass is 10.1. The summed E-state index contributed by atoms with van der Waals surface area (Å²) < 4.78 is 25.1. The number of piperazine rings is 1. The summed E-state index contributed by atoms with van der Waals surface area (Å²) in [5.74, 6) is 0. The molecule has 5 rings (SSSR count). The molecule has 3 aromatic heterocycles. The molecule has 0 unspecified atom stereocenters. The SMILES string of the molecule is CS(=O)(=O)c1ccc(CN2CCN(c3ccncc3-c3ccc4c(C#N)cnn4c3)CC2)cc1. The first kappa shape index (κ1) is 22.1. The number of benzene rings is 1. The van der Waals surface area contributed by atoms with E-state index in [-0.39, 0.29) is 0 Å². The molecule has 8 nitrogen and oxygen atoms in total. The van der Waals surface area contributed by atoms with Gasteiger partial charge in [-0.2, -0.15) is 10.4 Å². The van der Waals surface area contributed by atoms with E-state index in [1.54, 1.807) is 22.8 Å². The van der Waals surface area contributed by atoms with Gasteiger partial charge >= 0.3 is 0 Å². The fourth-order valence-corrected chi connectivity index (χ4v) is 4.99. The molecule has 9 heteroatoms. The van der Waals surface area contributed by atoms with Crippen molar-refractivity contribution < 1.29 is 8.42 Å². The second kappa shape index (κ2) is 8.89. The minimum Gasteiger partial charge on any atom is -0.368 e. The lowest BCUT2D eigenvalue weighted by Crippen LogP contribution is -2.46. The Kier molecular flexibility index (Phi) is 5.77. The Morgan fingerprint density at radius 3 is 2.47 bits per heavy atom. The molecule has 0 bridgehead atoms. The lowest BCUT2D eigenvalue weighted by molar-refractivity contribution is 0.250. The topological polar surface area (TPSA) is 94.6 Å². The molecule has 0 saturated carbocycles. The summed E-state index contributed by atoms with van der Waals surface area (Å²) in [5.41, 5.74) is 5.60. The molecule has 172 valence electrons. The van der Waals surface area contributed by atoms with Crippen LogP contribution >= 0.6 is 0 Å². The number of fused-ring (bicyclic) bond motifs is 1. The van der Waals surface area contributed by atoms with Crippen LogP contribution in [0.1, 0.15) is 11.1 Å². The van der Waals surface area contributed by atoms with Crippen molar-refractivity contribution in [1.82, 2.24) is 19.5 Å². The molecular weight excluding hydrogens is 448 g/mol. The standard InChI is InChI=1S/C25H24N6O2S/c1-34(32,33)22-5-2-19(3-6-22)17-29-10-12-30(13-11-29)25-8-9-27-16-23(25)20-4-7-24-21(14-26)15-28-31(24)18-20/h2-9,15-16,18H,10-13,17H2,1H3. The molecule has 0 spiro atoms. The number of rotatable bonds is 5. The molecular formula is C25H24N6O2S. The van der Waals surface area contributed by atoms with Crippen LogP contribution in [-0.4, -0.2) is 60.4 Å². The molecule has 4 heterocycles. The maximum absolute atomic E-state index is 11.7. The first-order valence-corrected chi connectivity index (χ1v) is 12.9. The van der Waals surface area contributed by atoms with Crippen LogP contribution in [0.5, 0.6) is 0 Å². The van der Waals surface area contributed by atoms with E-state index < -0.39 is 9.84 Å². The van der Waals surface area contributed by atoms with Gasteiger partial charge in [-0.15, -0.1) is 0 Å². The third-order valence-electron chi connectivity index (χ3n) is 6.22. The van der Waals surface area contributed by atoms with Gasteiger partial charge < -0.3 is 4.90 Å². The molecule has 0 radical (unpaired) electrons. The quantitative estimate of drug-likeness (QED) is 0.441. The molecule has 0 aliphatic carbocycles. The van der Waals surface area contributed by atoms with Crippen molar-refractivity contribution in [3.05, 3.63) is 78.4 Å². The van der Waals surface area contributed by atoms with Crippen molar-refractivity contribution in [1.29, 1.82) is 5.26 Å². The Labute approximate surface area is 198 Å². The van der Waals surface area contributed by atoms with E-state index in [2.05, 4.69) is 26.0 Å². The number of nitriles is 1. The number of nitrogens with zero attached hydrogens (tertiary/aromatic N) is 6. The summed E-state index contributed by atoms with van der Waals surface area (Å²) in [6.07, 6.45) is 8.44. The Morgan fingerprint density at radius 1 is 1.00 bits per heavy atom. The number of hydrogen-bond acceptors (Lipinski definition) is 7. The summed E-state index contributed by atoms with van der Waals surface area (Å²) >= 11 is 0. The van der Waals surface area contributed by atoms with Gasteiger partial charge in [0.05, 0.1) is 22.2 Å². The van der Waals surface area contributed by atoms with Gasteiger partial charge in [-0.3, -0.25) is 9.88 Å². The van der Waals surface area contributed by atoms with E-state index in [1.807, 2.05) is 48.9 Å². The van der Waals surface area contributed by atoms with Crippen molar-refractivity contribution in [3.8, 4) is 17.2 Å². The molecule has 1 fully saturated rings. The molecule has 1 aliphatic heterocycles. The average molecular weight is 473 g/mol. The monoisotopic (exact) mass is 472 g/mol. The zero-order chi connectivity index (χ0) is 23.7. The minimum absolute atomic E-state index is 0.350. The van der Waals surface area contributed by atoms with Crippen LogP contribution < -0.4 is 4.90 Å². The van der Waals surface area contributed by atoms with Crippen LogP contribution in [0.4, 0.5) is 5.69 Å². The van der Waals surface area contributed by atoms with Crippen molar-refractivity contribution in [2.75, 3.05) is 37.3 Å². The van der Waals surface area contributed by atoms with E-state index in [0.29, 0.717) is 10.5 Å². The highest BCUT2D eigenvalue weighted by molar-refractivity contribution is 7.90. The average Bonchev–Trinajstić information content (AvgIpc) is 3.27. The number of sulfone groups is 1. The molecule has 0 amide bonds. The van der Waals surface area contributed by atoms with Crippen LogP contribution in [0.2, 0.25) is 0 Å². The van der Waals surface area contributed by atoms with Gasteiger partial charge in [0, 0.05) is 74.4 Å². The van der Waals surface area contributed by atoms with Gasteiger partial charge in [0.15, 0.2) is 9.84 Å². The van der Waals surface area contributed by atoms with Gasteiger partial charge in [-0.25, -0.2) is 12.9 Å². The molecule has 1 aromatic carbocycles. The van der Waals surface area contributed by atoms with Crippen LogP contribution in [0.15, 0.2) is 72.1 Å².